The Morgan fingerprint density at radius 3 is 2.71 bits per heavy atom. The number of hydrogen-bond acceptors (Lipinski definition) is 6. The molecule has 1 aromatic carbocycles. The summed E-state index contributed by atoms with van der Waals surface area (Å²) in [4.78, 5) is 30.1. The minimum Gasteiger partial charge on any atom is -0.337 e. The van der Waals surface area contributed by atoms with Crippen molar-refractivity contribution in [3.63, 3.8) is 0 Å². The lowest BCUT2D eigenvalue weighted by molar-refractivity contribution is 0.0625. The molecule has 0 saturated heterocycles. The maximum atomic E-state index is 12.4. The quantitative estimate of drug-likeness (QED) is 0.753. The summed E-state index contributed by atoms with van der Waals surface area (Å²) in [5.41, 5.74) is 0.773. The standard InChI is InChI=1S/C15H15BrN4O3.ClH/c1-8(17-2)5-12-18-13(23-19-12)7-20-14(21)10-4-3-9(16)6-11(10)15(20)22;/h3-4,6,8,17H,5,7H2,1-2H3;1H. The number of nitrogens with zero attached hydrogens (tertiary/aromatic N) is 3. The number of rotatable bonds is 5. The van der Waals surface area contributed by atoms with Crippen LogP contribution < -0.4 is 5.32 Å². The topological polar surface area (TPSA) is 88.3 Å². The Morgan fingerprint density at radius 2 is 2.00 bits per heavy atom. The smallest absolute Gasteiger partial charge is 0.262 e. The Morgan fingerprint density at radius 1 is 1.29 bits per heavy atom. The van der Waals surface area contributed by atoms with E-state index in [0.29, 0.717) is 23.4 Å². The van der Waals surface area contributed by atoms with Crippen LogP contribution in [0.15, 0.2) is 27.2 Å². The van der Waals surface area contributed by atoms with Crippen LogP contribution in [-0.2, 0) is 13.0 Å². The van der Waals surface area contributed by atoms with E-state index in [-0.39, 0.29) is 42.7 Å². The summed E-state index contributed by atoms with van der Waals surface area (Å²) in [6.07, 6.45) is 0.606. The summed E-state index contributed by atoms with van der Waals surface area (Å²) in [6.45, 7) is 1.98. The minimum absolute atomic E-state index is 0. The van der Waals surface area contributed by atoms with Gasteiger partial charge in [0.1, 0.15) is 6.54 Å². The van der Waals surface area contributed by atoms with Crippen LogP contribution in [0.5, 0.6) is 0 Å². The number of hydrogen-bond donors (Lipinski definition) is 1. The zero-order chi connectivity index (χ0) is 16.6. The Bertz CT molecular complexity index is 780. The van der Waals surface area contributed by atoms with Crippen LogP contribution in [0.2, 0.25) is 0 Å². The number of aromatic nitrogens is 2. The average Bonchev–Trinajstić information content (AvgIpc) is 3.06. The Hall–Kier alpha value is -1.77. The number of nitrogens with one attached hydrogen (secondary N) is 1. The molecule has 9 heteroatoms. The van der Waals surface area contributed by atoms with Crippen molar-refractivity contribution in [2.24, 2.45) is 0 Å². The van der Waals surface area contributed by atoms with Crippen molar-refractivity contribution < 1.29 is 14.1 Å². The third-order valence-corrected chi connectivity index (χ3v) is 4.21. The first-order chi connectivity index (χ1) is 11.0. The van der Waals surface area contributed by atoms with E-state index in [1.54, 1.807) is 18.2 Å². The fourth-order valence-electron chi connectivity index (χ4n) is 2.35. The molecule has 0 saturated carbocycles. The van der Waals surface area contributed by atoms with Crippen LogP contribution in [-0.4, -0.2) is 39.9 Å². The molecule has 1 N–H and O–H groups in total. The maximum absolute atomic E-state index is 12.4. The molecule has 1 aliphatic rings. The van der Waals surface area contributed by atoms with E-state index in [0.717, 1.165) is 9.37 Å². The molecule has 1 aliphatic heterocycles. The lowest BCUT2D eigenvalue weighted by Gasteiger charge is -2.10. The van der Waals surface area contributed by atoms with E-state index in [9.17, 15) is 9.59 Å². The van der Waals surface area contributed by atoms with Gasteiger partial charge in [0.25, 0.3) is 11.8 Å². The van der Waals surface area contributed by atoms with Gasteiger partial charge >= 0.3 is 0 Å². The fourth-order valence-corrected chi connectivity index (χ4v) is 2.72. The highest BCUT2D eigenvalue weighted by molar-refractivity contribution is 9.10. The molecule has 2 amide bonds. The molecule has 0 aliphatic carbocycles. The van der Waals surface area contributed by atoms with E-state index >= 15 is 0 Å². The lowest BCUT2D eigenvalue weighted by atomic mass is 10.1. The van der Waals surface area contributed by atoms with Gasteiger partial charge in [-0.15, -0.1) is 12.4 Å². The molecule has 128 valence electrons. The van der Waals surface area contributed by atoms with Crippen LogP contribution in [0.1, 0.15) is 39.4 Å². The number of carbonyl (C=O) groups excluding carboxylic acids is 2. The van der Waals surface area contributed by atoms with Gasteiger partial charge in [0.15, 0.2) is 5.82 Å². The Balaban J connectivity index is 0.00000208. The molecule has 7 nitrogen and oxygen atoms in total. The van der Waals surface area contributed by atoms with Gasteiger partial charge in [0.2, 0.25) is 5.89 Å². The highest BCUT2D eigenvalue weighted by Crippen LogP contribution is 2.27. The molecular weight excluding hydrogens is 400 g/mol. The van der Waals surface area contributed by atoms with Crippen molar-refractivity contribution in [1.82, 2.24) is 20.4 Å². The summed E-state index contributed by atoms with van der Waals surface area (Å²) >= 11 is 3.30. The monoisotopic (exact) mass is 414 g/mol. The molecule has 1 atom stereocenters. The van der Waals surface area contributed by atoms with Crippen LogP contribution in [0, 0.1) is 0 Å². The molecule has 1 aromatic heterocycles. The van der Waals surface area contributed by atoms with Crippen molar-refractivity contribution >= 4 is 40.2 Å². The highest BCUT2D eigenvalue weighted by Gasteiger charge is 2.36. The molecule has 2 heterocycles. The highest BCUT2D eigenvalue weighted by atomic mass is 79.9. The van der Waals surface area contributed by atoms with Crippen LogP contribution >= 0.6 is 28.3 Å². The second-order valence-electron chi connectivity index (χ2n) is 5.38. The summed E-state index contributed by atoms with van der Waals surface area (Å²) in [6, 6.07) is 5.21. The summed E-state index contributed by atoms with van der Waals surface area (Å²) < 4.78 is 5.90. The normalized spacial score (nSPS) is 14.5. The predicted molar refractivity (Wildman–Crippen MR) is 92.1 cm³/mol. The number of benzene rings is 1. The number of imide groups is 1. The van der Waals surface area contributed by atoms with E-state index in [1.807, 2.05) is 14.0 Å². The Kier molecular flexibility index (Phi) is 5.74. The van der Waals surface area contributed by atoms with Gasteiger partial charge in [-0.3, -0.25) is 14.5 Å². The molecule has 0 spiro atoms. The molecule has 0 fully saturated rings. The number of halogens is 2. The minimum atomic E-state index is -0.352. The van der Waals surface area contributed by atoms with Crippen molar-refractivity contribution in [1.29, 1.82) is 0 Å². The number of likely N-dealkylation sites (N-methyl/N-ethyl adjacent to an activating group) is 1. The van der Waals surface area contributed by atoms with Gasteiger partial charge in [-0.05, 0) is 32.2 Å². The molecular formula is C15H16BrClN4O3. The zero-order valence-corrected chi connectivity index (χ0v) is 15.5. The third kappa shape index (κ3) is 3.50. The largest absolute Gasteiger partial charge is 0.337 e. The first kappa shape index (κ1) is 18.6. The van der Waals surface area contributed by atoms with E-state index in [1.165, 1.54) is 0 Å². The first-order valence-electron chi connectivity index (χ1n) is 7.14. The van der Waals surface area contributed by atoms with Crippen molar-refractivity contribution in [3.8, 4) is 0 Å². The maximum Gasteiger partial charge on any atom is 0.262 e. The molecule has 1 unspecified atom stereocenters. The number of carbonyl (C=O) groups is 2. The lowest BCUT2D eigenvalue weighted by Crippen LogP contribution is -2.29. The third-order valence-electron chi connectivity index (χ3n) is 3.72. The van der Waals surface area contributed by atoms with Gasteiger partial charge in [0.05, 0.1) is 11.1 Å². The molecule has 0 radical (unpaired) electrons. The average molecular weight is 416 g/mol. The van der Waals surface area contributed by atoms with Crippen molar-refractivity contribution in [3.05, 3.63) is 45.5 Å². The first-order valence-corrected chi connectivity index (χ1v) is 7.93. The number of amides is 2. The Labute approximate surface area is 153 Å². The van der Waals surface area contributed by atoms with Crippen LogP contribution in [0.3, 0.4) is 0 Å². The second kappa shape index (κ2) is 7.42. The van der Waals surface area contributed by atoms with Gasteiger partial charge in [0, 0.05) is 16.9 Å². The van der Waals surface area contributed by atoms with Gasteiger partial charge in [-0.2, -0.15) is 4.98 Å². The van der Waals surface area contributed by atoms with Gasteiger partial charge in [-0.1, -0.05) is 21.1 Å². The van der Waals surface area contributed by atoms with Gasteiger partial charge < -0.3 is 9.84 Å². The second-order valence-corrected chi connectivity index (χ2v) is 6.30. The summed E-state index contributed by atoms with van der Waals surface area (Å²) in [7, 11) is 1.85. The van der Waals surface area contributed by atoms with Crippen LogP contribution in [0.25, 0.3) is 0 Å². The SMILES string of the molecule is CNC(C)Cc1noc(CN2C(=O)c3ccc(Br)cc3C2=O)n1.Cl. The van der Waals surface area contributed by atoms with Crippen molar-refractivity contribution in [2.75, 3.05) is 7.05 Å². The van der Waals surface area contributed by atoms with E-state index < -0.39 is 0 Å². The van der Waals surface area contributed by atoms with Gasteiger partial charge in [-0.25, -0.2) is 0 Å². The summed E-state index contributed by atoms with van der Waals surface area (Å²) in [5.74, 6) is 0.0913. The molecule has 24 heavy (non-hydrogen) atoms. The predicted octanol–water partition coefficient (Wildman–Crippen LogP) is 2.20. The molecule has 3 rings (SSSR count). The van der Waals surface area contributed by atoms with Crippen LogP contribution in [0.4, 0.5) is 0 Å². The van der Waals surface area contributed by atoms with E-state index in [4.69, 9.17) is 4.52 Å². The molecule has 0 bridgehead atoms. The number of fused-ring (bicyclic) bond motifs is 1. The van der Waals surface area contributed by atoms with E-state index in [2.05, 4.69) is 31.4 Å². The zero-order valence-electron chi connectivity index (χ0n) is 13.1. The summed E-state index contributed by atoms with van der Waals surface area (Å²) in [5, 5.41) is 6.96. The van der Waals surface area contributed by atoms with Crippen molar-refractivity contribution in [2.45, 2.75) is 25.9 Å². The fraction of sp³-hybridized carbons (Fsp3) is 0.333. The molecule has 2 aromatic rings.